The fourth-order valence-corrected chi connectivity index (χ4v) is 2.80. The van der Waals surface area contributed by atoms with Gasteiger partial charge in [0.15, 0.2) is 5.60 Å². The van der Waals surface area contributed by atoms with Crippen LogP contribution in [0.1, 0.15) is 80.1 Å². The lowest BCUT2D eigenvalue weighted by molar-refractivity contribution is -0.170. The molecule has 0 amide bonds. The van der Waals surface area contributed by atoms with E-state index in [2.05, 4.69) is 26.8 Å². The highest BCUT2D eigenvalue weighted by Crippen LogP contribution is 2.20. The quantitative estimate of drug-likeness (QED) is 0.147. The number of allylic oxidation sites excluding steroid dienone is 3. The number of carboxylic acids is 3. The number of rotatable bonds is 15. The van der Waals surface area contributed by atoms with Crippen molar-refractivity contribution in [1.82, 2.24) is 0 Å². The van der Waals surface area contributed by atoms with E-state index < -0.39 is 36.4 Å². The van der Waals surface area contributed by atoms with Crippen LogP contribution in [0.25, 0.3) is 0 Å². The van der Waals surface area contributed by atoms with Gasteiger partial charge in [0.2, 0.25) is 0 Å². The molecule has 0 aromatic heterocycles. The summed E-state index contributed by atoms with van der Waals surface area (Å²) in [4.78, 5) is 42.0. The number of esters is 1. The van der Waals surface area contributed by atoms with Crippen molar-refractivity contribution in [3.05, 3.63) is 23.8 Å². The number of aliphatic hydroxyl groups is 1. The second kappa shape index (κ2) is 16.8. The Kier molecular flexibility index (Phi) is 16.6. The molecule has 4 N–H and O–H groups in total. The van der Waals surface area contributed by atoms with Gasteiger partial charge in [0.05, 0.1) is 24.5 Å². The van der Waals surface area contributed by atoms with Crippen LogP contribution in [-0.2, 0) is 28.7 Å². The maximum Gasteiger partial charge on any atom is 0.336 e. The van der Waals surface area contributed by atoms with E-state index in [-0.39, 0.29) is 17.7 Å². The minimum absolute atomic E-state index is 0.0222. The van der Waals surface area contributed by atoms with Gasteiger partial charge in [-0.1, -0.05) is 31.9 Å². The lowest BCUT2D eigenvalue weighted by Gasteiger charge is -2.23. The smallest absolute Gasteiger partial charge is 0.336 e. The van der Waals surface area contributed by atoms with Gasteiger partial charge >= 0.3 is 23.9 Å². The molecule has 0 heterocycles. The summed E-state index contributed by atoms with van der Waals surface area (Å²) in [5.41, 5.74) is -1.83. The average Bonchev–Trinajstić information content (AvgIpc) is 2.66. The van der Waals surface area contributed by atoms with Crippen LogP contribution in [0.4, 0.5) is 0 Å². The molecule has 0 radical (unpaired) electrons. The molecule has 0 fully saturated rings. The summed E-state index contributed by atoms with van der Waals surface area (Å²) in [6, 6.07) is 0. The van der Waals surface area contributed by atoms with Crippen molar-refractivity contribution < 1.29 is 49.1 Å². The second-order valence-electron chi connectivity index (χ2n) is 9.45. The Balaban J connectivity index is 0. The maximum absolute atomic E-state index is 11.5. The lowest BCUT2D eigenvalue weighted by atomic mass is 9.95. The predicted molar refractivity (Wildman–Crippen MR) is 130 cm³/mol. The molecule has 0 aromatic carbocycles. The summed E-state index contributed by atoms with van der Waals surface area (Å²) in [5.74, 6) is -4.65. The molecular formula is C25H42O10. The van der Waals surface area contributed by atoms with E-state index in [9.17, 15) is 19.2 Å². The molecule has 0 aromatic rings. The molecule has 0 saturated heterocycles. The Hall–Kier alpha value is -2.72. The van der Waals surface area contributed by atoms with E-state index in [1.54, 1.807) is 13.2 Å². The molecule has 1 unspecified atom stereocenters. The zero-order valence-electron chi connectivity index (χ0n) is 21.9. The third-order valence-corrected chi connectivity index (χ3v) is 4.93. The van der Waals surface area contributed by atoms with Crippen molar-refractivity contribution in [1.29, 1.82) is 0 Å². The van der Waals surface area contributed by atoms with Crippen LogP contribution in [0.2, 0.25) is 0 Å². The summed E-state index contributed by atoms with van der Waals surface area (Å²) in [7, 11) is 1.77. The molecular weight excluding hydrogens is 460 g/mol. The van der Waals surface area contributed by atoms with E-state index in [1.807, 2.05) is 26.8 Å². The number of hydrogen-bond donors (Lipinski definition) is 4. The van der Waals surface area contributed by atoms with Gasteiger partial charge in [0.25, 0.3) is 0 Å². The number of methoxy groups -OCH3 is 1. The Morgan fingerprint density at radius 3 is 1.89 bits per heavy atom. The third-order valence-electron chi connectivity index (χ3n) is 4.93. The first-order valence-corrected chi connectivity index (χ1v) is 11.4. The van der Waals surface area contributed by atoms with Crippen LogP contribution >= 0.6 is 0 Å². The van der Waals surface area contributed by atoms with Crippen molar-refractivity contribution in [2.24, 2.45) is 5.92 Å². The Bertz CT molecular complexity index is 733. The van der Waals surface area contributed by atoms with Crippen molar-refractivity contribution >= 4 is 23.9 Å². The predicted octanol–water partition coefficient (Wildman–Crippen LogP) is 3.81. The Labute approximate surface area is 207 Å². The van der Waals surface area contributed by atoms with E-state index in [0.717, 1.165) is 18.4 Å². The van der Waals surface area contributed by atoms with Gasteiger partial charge in [0, 0.05) is 13.2 Å². The van der Waals surface area contributed by atoms with Gasteiger partial charge in [-0.2, -0.15) is 0 Å². The van der Waals surface area contributed by atoms with Crippen LogP contribution in [0.5, 0.6) is 0 Å². The Morgan fingerprint density at radius 2 is 1.49 bits per heavy atom. The van der Waals surface area contributed by atoms with Crippen molar-refractivity contribution in [3.8, 4) is 0 Å². The summed E-state index contributed by atoms with van der Waals surface area (Å²) < 4.78 is 10.5. The van der Waals surface area contributed by atoms with Gasteiger partial charge in [-0.3, -0.25) is 9.59 Å². The highest BCUT2D eigenvalue weighted by molar-refractivity contribution is 5.88. The number of aliphatic carboxylic acids is 3. The molecule has 0 rings (SSSR count). The number of ether oxygens (including phenoxy) is 2. The molecule has 0 saturated carbocycles. The van der Waals surface area contributed by atoms with Gasteiger partial charge in [-0.05, 0) is 59.0 Å². The zero-order chi connectivity index (χ0) is 27.8. The minimum atomic E-state index is -2.74. The average molecular weight is 503 g/mol. The van der Waals surface area contributed by atoms with Crippen LogP contribution in [0.3, 0.4) is 0 Å². The van der Waals surface area contributed by atoms with E-state index in [0.29, 0.717) is 5.92 Å². The van der Waals surface area contributed by atoms with Crippen LogP contribution in [0, 0.1) is 5.92 Å². The zero-order valence-corrected chi connectivity index (χ0v) is 21.9. The van der Waals surface area contributed by atoms with Crippen LogP contribution in [0.15, 0.2) is 23.8 Å². The number of hydrogen-bond acceptors (Lipinski definition) is 7. The van der Waals surface area contributed by atoms with E-state index in [4.69, 9.17) is 29.9 Å². The van der Waals surface area contributed by atoms with Crippen molar-refractivity contribution in [2.45, 2.75) is 97.4 Å². The van der Waals surface area contributed by atoms with Crippen molar-refractivity contribution in [2.75, 3.05) is 7.11 Å². The van der Waals surface area contributed by atoms with Gasteiger partial charge < -0.3 is 29.9 Å². The SMILES string of the molecule is COC(C)(C)CCCC(C)C/C=C/C(C)=C/C(=O)OC(C)C.O=C(O)CC(O)(CC(=O)O)C(=O)O. The highest BCUT2D eigenvalue weighted by Gasteiger charge is 2.40. The summed E-state index contributed by atoms with van der Waals surface area (Å²) >= 11 is 0. The highest BCUT2D eigenvalue weighted by atomic mass is 16.5. The first kappa shape index (κ1) is 34.4. The number of carbonyl (C=O) groups excluding carboxylic acids is 1. The summed E-state index contributed by atoms with van der Waals surface area (Å²) in [6.07, 6.45) is 7.79. The van der Waals surface area contributed by atoms with Gasteiger partial charge in [-0.25, -0.2) is 9.59 Å². The first-order chi connectivity index (χ1) is 15.9. The van der Waals surface area contributed by atoms with E-state index in [1.165, 1.54) is 12.8 Å². The molecule has 35 heavy (non-hydrogen) atoms. The lowest BCUT2D eigenvalue weighted by Crippen LogP contribution is -2.42. The standard InChI is InChI=1S/C19H34O3.C6H8O7/c1-15(2)22-18(20)14-17(4)11-8-10-16(3)12-9-13-19(5,6)21-7;7-3(8)1-6(13,5(11)12)2-4(9)10/h8,11,14-16H,9-10,12-13H2,1-7H3;13H,1-2H2,(H,7,8)(H,9,10)(H,11,12)/b11-8+,17-14+;. The molecule has 10 heteroatoms. The molecule has 0 aliphatic rings. The molecule has 0 bridgehead atoms. The Morgan fingerprint density at radius 1 is 0.971 bits per heavy atom. The van der Waals surface area contributed by atoms with E-state index >= 15 is 0 Å². The van der Waals surface area contributed by atoms with Gasteiger partial charge in [-0.15, -0.1) is 0 Å². The number of carboxylic acid groups (broad SMARTS) is 3. The summed E-state index contributed by atoms with van der Waals surface area (Å²) in [6.45, 7) is 12.1. The normalized spacial score (nSPS) is 13.2. The van der Waals surface area contributed by atoms with Crippen LogP contribution in [-0.4, -0.2) is 68.7 Å². The fourth-order valence-electron chi connectivity index (χ4n) is 2.80. The molecule has 202 valence electrons. The van der Waals surface area contributed by atoms with Crippen LogP contribution < -0.4 is 0 Å². The largest absolute Gasteiger partial charge is 0.481 e. The molecule has 0 spiro atoms. The monoisotopic (exact) mass is 502 g/mol. The van der Waals surface area contributed by atoms with Crippen molar-refractivity contribution in [3.63, 3.8) is 0 Å². The fraction of sp³-hybridized carbons (Fsp3) is 0.680. The maximum atomic E-state index is 11.5. The number of carbonyl (C=O) groups is 4. The minimum Gasteiger partial charge on any atom is -0.481 e. The molecule has 10 nitrogen and oxygen atoms in total. The third kappa shape index (κ3) is 19.3. The second-order valence-corrected chi connectivity index (χ2v) is 9.45. The van der Waals surface area contributed by atoms with Gasteiger partial charge in [0.1, 0.15) is 0 Å². The topological polar surface area (TPSA) is 168 Å². The molecule has 0 aliphatic heterocycles. The molecule has 0 aliphatic carbocycles. The first-order valence-electron chi connectivity index (χ1n) is 11.4. The molecule has 1 atom stereocenters. The summed E-state index contributed by atoms with van der Waals surface area (Å²) in [5, 5.41) is 33.8.